The second-order valence-electron chi connectivity index (χ2n) is 11.4. The predicted octanol–water partition coefficient (Wildman–Crippen LogP) is 7.34. The van der Waals surface area contributed by atoms with E-state index in [1.54, 1.807) is 0 Å². The third-order valence-electron chi connectivity index (χ3n) is 8.18. The van der Waals surface area contributed by atoms with E-state index in [2.05, 4.69) is 50.2 Å². The topological polar surface area (TPSA) is 72.5 Å². The monoisotopic (exact) mass is 594 g/mol. The van der Waals surface area contributed by atoms with Crippen LogP contribution < -0.4 is 18.9 Å². The maximum atomic E-state index is 11.8. The third-order valence-corrected chi connectivity index (χ3v) is 8.18. The summed E-state index contributed by atoms with van der Waals surface area (Å²) in [6.45, 7) is 6.84. The minimum absolute atomic E-state index is 0.0177. The Morgan fingerprint density at radius 1 is 0.864 bits per heavy atom. The first-order chi connectivity index (χ1) is 21.5. The summed E-state index contributed by atoms with van der Waals surface area (Å²) >= 11 is 0. The molecule has 0 radical (unpaired) electrons. The number of methoxy groups -OCH3 is 1. The summed E-state index contributed by atoms with van der Waals surface area (Å²) in [7, 11) is 1.40. The van der Waals surface area contributed by atoms with Crippen LogP contribution in [0.4, 0.5) is 0 Å². The zero-order valence-corrected chi connectivity index (χ0v) is 25.5. The van der Waals surface area contributed by atoms with Crippen LogP contribution in [0.1, 0.15) is 46.6 Å². The Morgan fingerprint density at radius 2 is 1.68 bits per heavy atom. The highest BCUT2D eigenvalue weighted by atomic mass is 16.5. The van der Waals surface area contributed by atoms with Gasteiger partial charge in [-0.25, -0.2) is 0 Å². The standard InChI is InChI=1S/C37H38O7/c1-24-15-32(44-31-13-14-40-23-31)16-25(2)37(24)27-9-12-34(42-20-26-7-5-4-6-8-26)29(17-27)22-41-30-10-11-33-28(18-36(38)39-3)21-43-35(33)19-30/h4-12,15-17,19,28,31H,13-14,18,20-23H2,1-3H3. The lowest BCUT2D eigenvalue weighted by atomic mass is 9.94. The van der Waals surface area contributed by atoms with Crippen LogP contribution in [0.5, 0.6) is 23.0 Å². The van der Waals surface area contributed by atoms with Crippen LogP contribution in [-0.4, -0.2) is 39.0 Å². The zero-order chi connectivity index (χ0) is 30.5. The molecular formula is C37H38O7. The normalized spacial score (nSPS) is 17.1. The molecule has 6 rings (SSSR count). The Balaban J connectivity index is 1.24. The van der Waals surface area contributed by atoms with Crippen LogP contribution in [0, 0.1) is 13.8 Å². The molecule has 0 aliphatic carbocycles. The van der Waals surface area contributed by atoms with E-state index in [4.69, 9.17) is 28.4 Å². The molecule has 7 heteroatoms. The molecule has 1 saturated heterocycles. The van der Waals surface area contributed by atoms with Gasteiger partial charge in [0.15, 0.2) is 0 Å². The van der Waals surface area contributed by atoms with Crippen LogP contribution in [-0.2, 0) is 27.5 Å². The second-order valence-corrected chi connectivity index (χ2v) is 11.4. The number of benzene rings is 4. The maximum absolute atomic E-state index is 11.8. The van der Waals surface area contributed by atoms with Crippen molar-refractivity contribution in [2.75, 3.05) is 26.9 Å². The van der Waals surface area contributed by atoms with Gasteiger partial charge >= 0.3 is 5.97 Å². The number of rotatable bonds is 11. The first kappa shape index (κ1) is 29.6. The summed E-state index contributed by atoms with van der Waals surface area (Å²) < 4.78 is 35.0. The molecule has 2 heterocycles. The lowest BCUT2D eigenvalue weighted by molar-refractivity contribution is -0.141. The highest BCUT2D eigenvalue weighted by Crippen LogP contribution is 2.39. The van der Waals surface area contributed by atoms with Crippen LogP contribution in [0.3, 0.4) is 0 Å². The fourth-order valence-corrected chi connectivity index (χ4v) is 5.93. The lowest BCUT2D eigenvalue weighted by Gasteiger charge is -2.18. The van der Waals surface area contributed by atoms with E-state index < -0.39 is 0 Å². The summed E-state index contributed by atoms with van der Waals surface area (Å²) in [4.78, 5) is 11.8. The first-order valence-corrected chi connectivity index (χ1v) is 15.1. The van der Waals surface area contributed by atoms with Crippen LogP contribution >= 0.6 is 0 Å². The van der Waals surface area contributed by atoms with E-state index in [0.717, 1.165) is 63.7 Å². The summed E-state index contributed by atoms with van der Waals surface area (Å²) in [5.41, 5.74) is 7.56. The molecule has 2 unspecified atom stereocenters. The van der Waals surface area contributed by atoms with Gasteiger partial charge in [0.1, 0.15) is 42.3 Å². The van der Waals surface area contributed by atoms with Gasteiger partial charge in [-0.2, -0.15) is 0 Å². The van der Waals surface area contributed by atoms with E-state index in [0.29, 0.717) is 38.6 Å². The van der Waals surface area contributed by atoms with Crippen molar-refractivity contribution in [3.63, 3.8) is 0 Å². The molecule has 44 heavy (non-hydrogen) atoms. The van der Waals surface area contributed by atoms with Crippen molar-refractivity contribution < 1.29 is 33.2 Å². The number of carbonyl (C=O) groups excluding carboxylic acids is 1. The van der Waals surface area contributed by atoms with Crippen molar-refractivity contribution in [3.05, 3.63) is 107 Å². The molecule has 4 aromatic carbocycles. The first-order valence-electron chi connectivity index (χ1n) is 15.1. The van der Waals surface area contributed by atoms with E-state index >= 15 is 0 Å². The van der Waals surface area contributed by atoms with Gasteiger partial charge in [-0.3, -0.25) is 4.79 Å². The average Bonchev–Trinajstić information content (AvgIpc) is 3.69. The summed E-state index contributed by atoms with van der Waals surface area (Å²) in [6, 6.07) is 26.4. The van der Waals surface area contributed by atoms with Crippen LogP contribution in [0.2, 0.25) is 0 Å². The molecule has 0 N–H and O–H groups in total. The molecule has 228 valence electrons. The van der Waals surface area contributed by atoms with Gasteiger partial charge in [0.05, 0.1) is 33.4 Å². The third kappa shape index (κ3) is 6.84. The smallest absolute Gasteiger partial charge is 0.306 e. The number of hydrogen-bond donors (Lipinski definition) is 0. The highest BCUT2D eigenvalue weighted by Gasteiger charge is 2.27. The number of carbonyl (C=O) groups is 1. The van der Waals surface area contributed by atoms with Gasteiger partial charge in [0, 0.05) is 29.5 Å². The number of ether oxygens (including phenoxy) is 6. The van der Waals surface area contributed by atoms with E-state index in [-0.39, 0.29) is 18.0 Å². The number of esters is 1. The molecule has 1 fully saturated rings. The van der Waals surface area contributed by atoms with Crippen molar-refractivity contribution in [2.45, 2.75) is 51.9 Å². The van der Waals surface area contributed by atoms with Crippen molar-refractivity contribution in [2.24, 2.45) is 0 Å². The Bertz CT molecular complexity index is 1580. The van der Waals surface area contributed by atoms with Crippen LogP contribution in [0.15, 0.2) is 78.9 Å². The molecule has 0 spiro atoms. The molecular weight excluding hydrogens is 556 g/mol. The summed E-state index contributed by atoms with van der Waals surface area (Å²) in [5.74, 6) is 2.81. The Morgan fingerprint density at radius 3 is 2.43 bits per heavy atom. The Labute approximate surface area is 258 Å². The molecule has 4 aromatic rings. The summed E-state index contributed by atoms with van der Waals surface area (Å²) in [5, 5.41) is 0. The second kappa shape index (κ2) is 13.4. The average molecular weight is 595 g/mol. The minimum atomic E-state index is -0.245. The van der Waals surface area contributed by atoms with Gasteiger partial charge in [-0.1, -0.05) is 42.5 Å². The largest absolute Gasteiger partial charge is 0.492 e. The molecule has 2 aliphatic rings. The summed E-state index contributed by atoms with van der Waals surface area (Å²) in [6.07, 6.45) is 1.31. The SMILES string of the molecule is COC(=O)CC1COc2cc(OCc3cc(-c4c(C)cc(OC5CCOC5)cc4C)ccc3OCc3ccccc3)ccc21. The molecule has 2 atom stereocenters. The fourth-order valence-electron chi connectivity index (χ4n) is 5.93. The van der Waals surface area contributed by atoms with E-state index in [1.807, 2.05) is 42.5 Å². The van der Waals surface area contributed by atoms with Crippen molar-refractivity contribution in [1.82, 2.24) is 0 Å². The molecule has 0 saturated carbocycles. The molecule has 0 aromatic heterocycles. The van der Waals surface area contributed by atoms with Crippen molar-refractivity contribution >= 4 is 5.97 Å². The number of hydrogen-bond acceptors (Lipinski definition) is 7. The quantitative estimate of drug-likeness (QED) is 0.168. The fraction of sp³-hybridized carbons (Fsp3) is 0.324. The van der Waals surface area contributed by atoms with Gasteiger partial charge in [0.25, 0.3) is 0 Å². The molecule has 7 nitrogen and oxygen atoms in total. The molecule has 2 aliphatic heterocycles. The van der Waals surface area contributed by atoms with Gasteiger partial charge in [-0.15, -0.1) is 0 Å². The van der Waals surface area contributed by atoms with Crippen molar-refractivity contribution in [3.8, 4) is 34.1 Å². The predicted molar refractivity (Wildman–Crippen MR) is 168 cm³/mol. The van der Waals surface area contributed by atoms with Gasteiger partial charge in [-0.05, 0) is 72.0 Å². The number of aryl methyl sites for hydroxylation is 2. The van der Waals surface area contributed by atoms with E-state index in [9.17, 15) is 4.79 Å². The van der Waals surface area contributed by atoms with E-state index in [1.165, 1.54) is 12.7 Å². The van der Waals surface area contributed by atoms with Crippen LogP contribution in [0.25, 0.3) is 11.1 Å². The highest BCUT2D eigenvalue weighted by molar-refractivity contribution is 5.73. The van der Waals surface area contributed by atoms with Gasteiger partial charge in [0.2, 0.25) is 0 Å². The number of fused-ring (bicyclic) bond motifs is 1. The molecule has 0 bridgehead atoms. The Kier molecular flexibility index (Phi) is 9.03. The molecule has 0 amide bonds. The lowest BCUT2D eigenvalue weighted by Crippen LogP contribution is -2.15. The zero-order valence-electron chi connectivity index (χ0n) is 25.5. The minimum Gasteiger partial charge on any atom is -0.492 e. The Hall–Kier alpha value is -4.49. The maximum Gasteiger partial charge on any atom is 0.306 e. The van der Waals surface area contributed by atoms with Gasteiger partial charge < -0.3 is 28.4 Å². The van der Waals surface area contributed by atoms with Crippen molar-refractivity contribution in [1.29, 1.82) is 0 Å².